The largest absolute Gasteiger partial charge is 0.423 e. The molecule has 1 aromatic carbocycles. The van der Waals surface area contributed by atoms with Gasteiger partial charge in [0.15, 0.2) is 0 Å². The molecule has 0 saturated carbocycles. The number of rotatable bonds is 4. The third-order valence-electron chi connectivity index (χ3n) is 1.68. The number of carbonyl (C=O) groups is 2. The number of nitrogens with one attached hydrogen (secondary N) is 1. The van der Waals surface area contributed by atoms with Gasteiger partial charge in [-0.2, -0.15) is 0 Å². The molecule has 0 heterocycles. The molecule has 0 atom stereocenters. The van der Waals surface area contributed by atoms with Crippen LogP contribution in [0.1, 0.15) is 6.92 Å². The van der Waals surface area contributed by atoms with E-state index < -0.39 is 5.97 Å². The van der Waals surface area contributed by atoms with E-state index in [-0.39, 0.29) is 5.91 Å². The molecule has 1 aromatic rings. The van der Waals surface area contributed by atoms with Gasteiger partial charge < -0.3 is 10.1 Å². The van der Waals surface area contributed by atoms with Crippen molar-refractivity contribution in [3.8, 4) is 5.75 Å². The molecule has 1 rings (SSSR count). The third-order valence-corrected chi connectivity index (χ3v) is 1.68. The van der Waals surface area contributed by atoms with E-state index in [0.717, 1.165) is 12.2 Å². The summed E-state index contributed by atoms with van der Waals surface area (Å²) in [5.74, 6) is -0.432. The lowest BCUT2D eigenvalue weighted by Crippen LogP contribution is -2.20. The van der Waals surface area contributed by atoms with Gasteiger partial charge in [0.05, 0.1) is 0 Å². The van der Waals surface area contributed by atoms with Crippen molar-refractivity contribution >= 4 is 11.9 Å². The molecule has 0 fully saturated rings. The summed E-state index contributed by atoms with van der Waals surface area (Å²) < 4.78 is 4.94. The van der Waals surface area contributed by atoms with Crippen LogP contribution in [0.25, 0.3) is 0 Å². The second-order valence-electron chi connectivity index (χ2n) is 2.96. The molecule has 0 unspecified atom stereocenters. The number of likely N-dealkylation sites (N-methyl/N-ethyl adjacent to an activating group) is 1. The number of carbonyl (C=O) groups excluding carboxylic acids is 2. The van der Waals surface area contributed by atoms with Gasteiger partial charge in [0.2, 0.25) is 5.91 Å². The molecule has 0 aliphatic carbocycles. The summed E-state index contributed by atoms with van der Waals surface area (Å²) in [6.45, 7) is 2.32. The van der Waals surface area contributed by atoms with Gasteiger partial charge in [0.1, 0.15) is 5.75 Å². The second-order valence-corrected chi connectivity index (χ2v) is 2.96. The molecule has 0 spiro atoms. The molecule has 1 N–H and O–H groups in total. The molecular formula is C12H13NO3. The zero-order valence-corrected chi connectivity index (χ0v) is 8.97. The highest BCUT2D eigenvalue weighted by molar-refractivity contribution is 5.95. The van der Waals surface area contributed by atoms with Crippen molar-refractivity contribution < 1.29 is 14.3 Å². The number of benzene rings is 1. The SMILES string of the molecule is CCNC(=O)/C=C\C(=O)Oc1ccccc1. The Bertz CT molecular complexity index is 385. The number of hydrogen-bond acceptors (Lipinski definition) is 3. The molecule has 0 aromatic heterocycles. The van der Waals surface area contributed by atoms with Crippen LogP contribution in [0.5, 0.6) is 5.75 Å². The van der Waals surface area contributed by atoms with Crippen molar-refractivity contribution in [1.82, 2.24) is 5.32 Å². The lowest BCUT2D eigenvalue weighted by atomic mass is 10.3. The van der Waals surface area contributed by atoms with Crippen LogP contribution in [0.3, 0.4) is 0 Å². The Morgan fingerprint density at radius 2 is 1.94 bits per heavy atom. The minimum absolute atomic E-state index is 0.312. The van der Waals surface area contributed by atoms with Crippen molar-refractivity contribution in [1.29, 1.82) is 0 Å². The Kier molecular flexibility index (Phi) is 4.79. The minimum Gasteiger partial charge on any atom is -0.423 e. The maximum absolute atomic E-state index is 11.2. The topological polar surface area (TPSA) is 55.4 Å². The lowest BCUT2D eigenvalue weighted by Gasteiger charge is -1.99. The van der Waals surface area contributed by atoms with Crippen molar-refractivity contribution in [3.05, 3.63) is 42.5 Å². The number of esters is 1. The molecule has 4 heteroatoms. The van der Waals surface area contributed by atoms with Crippen LogP contribution in [0, 0.1) is 0 Å². The Balaban J connectivity index is 2.45. The minimum atomic E-state index is -0.572. The fourth-order valence-electron chi connectivity index (χ4n) is 1.02. The molecular weight excluding hydrogens is 206 g/mol. The summed E-state index contributed by atoms with van der Waals surface area (Å²) in [5.41, 5.74) is 0. The van der Waals surface area contributed by atoms with Crippen molar-refractivity contribution in [2.24, 2.45) is 0 Å². The van der Waals surface area contributed by atoms with Crippen molar-refractivity contribution in [3.63, 3.8) is 0 Å². The van der Waals surface area contributed by atoms with E-state index in [2.05, 4.69) is 5.32 Å². The Morgan fingerprint density at radius 3 is 2.56 bits per heavy atom. The summed E-state index contributed by atoms with van der Waals surface area (Å²) in [6.07, 6.45) is 2.24. The normalized spacial score (nSPS) is 10.1. The van der Waals surface area contributed by atoms with Crippen LogP contribution in [0.4, 0.5) is 0 Å². The first kappa shape index (κ1) is 12.0. The van der Waals surface area contributed by atoms with E-state index in [1.165, 1.54) is 0 Å². The summed E-state index contributed by atoms with van der Waals surface area (Å²) in [5, 5.41) is 2.53. The zero-order chi connectivity index (χ0) is 11.8. The molecule has 0 saturated heterocycles. The quantitative estimate of drug-likeness (QED) is 0.471. The monoisotopic (exact) mass is 219 g/mol. The highest BCUT2D eigenvalue weighted by atomic mass is 16.5. The number of amides is 1. The first-order chi connectivity index (χ1) is 7.72. The van der Waals surface area contributed by atoms with Crippen LogP contribution in [-0.2, 0) is 9.59 Å². The van der Waals surface area contributed by atoms with E-state index >= 15 is 0 Å². The first-order valence-electron chi connectivity index (χ1n) is 4.95. The summed E-state index contributed by atoms with van der Waals surface area (Å²) >= 11 is 0. The summed E-state index contributed by atoms with van der Waals surface area (Å²) in [4.78, 5) is 22.2. The molecule has 16 heavy (non-hydrogen) atoms. The molecule has 0 radical (unpaired) electrons. The average Bonchev–Trinajstić information content (AvgIpc) is 2.28. The molecule has 0 bridgehead atoms. The van der Waals surface area contributed by atoms with Gasteiger partial charge >= 0.3 is 5.97 Å². The van der Waals surface area contributed by atoms with Gasteiger partial charge in [-0.1, -0.05) is 18.2 Å². The number of ether oxygens (including phenoxy) is 1. The number of hydrogen-bond donors (Lipinski definition) is 1. The van der Waals surface area contributed by atoms with Crippen LogP contribution in [0.2, 0.25) is 0 Å². The van der Waals surface area contributed by atoms with Crippen molar-refractivity contribution in [2.75, 3.05) is 6.54 Å². The fraction of sp³-hybridized carbons (Fsp3) is 0.167. The van der Waals surface area contributed by atoms with E-state index in [4.69, 9.17) is 4.74 Å². The van der Waals surface area contributed by atoms with Gasteiger partial charge in [-0.15, -0.1) is 0 Å². The van der Waals surface area contributed by atoms with Crippen LogP contribution in [0.15, 0.2) is 42.5 Å². The van der Waals surface area contributed by atoms with Gasteiger partial charge in [0, 0.05) is 18.7 Å². The molecule has 4 nitrogen and oxygen atoms in total. The molecule has 84 valence electrons. The highest BCUT2D eigenvalue weighted by Gasteiger charge is 2.00. The second kappa shape index (κ2) is 6.40. The van der Waals surface area contributed by atoms with Gasteiger partial charge in [-0.3, -0.25) is 4.79 Å². The molecule has 0 aliphatic heterocycles. The van der Waals surface area contributed by atoms with E-state index in [0.29, 0.717) is 12.3 Å². The smallest absolute Gasteiger partial charge is 0.336 e. The maximum Gasteiger partial charge on any atom is 0.336 e. The lowest BCUT2D eigenvalue weighted by molar-refractivity contribution is -0.129. The molecule has 0 aliphatic rings. The van der Waals surface area contributed by atoms with E-state index in [1.54, 1.807) is 31.2 Å². The average molecular weight is 219 g/mol. The predicted octanol–water partition coefficient (Wildman–Crippen LogP) is 1.28. The Morgan fingerprint density at radius 1 is 1.25 bits per heavy atom. The van der Waals surface area contributed by atoms with Crippen molar-refractivity contribution in [2.45, 2.75) is 6.92 Å². The summed E-state index contributed by atoms with van der Waals surface area (Å²) in [7, 11) is 0. The van der Waals surface area contributed by atoms with Gasteiger partial charge in [-0.25, -0.2) is 4.79 Å². The van der Waals surface area contributed by atoms with Gasteiger partial charge in [0.25, 0.3) is 0 Å². The highest BCUT2D eigenvalue weighted by Crippen LogP contribution is 2.08. The first-order valence-corrected chi connectivity index (χ1v) is 4.95. The van der Waals surface area contributed by atoms with E-state index in [9.17, 15) is 9.59 Å². The Labute approximate surface area is 93.9 Å². The maximum atomic E-state index is 11.2. The molecule has 1 amide bonds. The standard InChI is InChI=1S/C12H13NO3/c1-2-13-11(14)8-9-12(15)16-10-6-4-3-5-7-10/h3-9H,2H2,1H3,(H,13,14)/b9-8-. The van der Waals surface area contributed by atoms with Crippen LogP contribution in [-0.4, -0.2) is 18.4 Å². The Hall–Kier alpha value is -2.10. The summed E-state index contributed by atoms with van der Waals surface area (Å²) in [6, 6.07) is 8.67. The van der Waals surface area contributed by atoms with Crippen LogP contribution >= 0.6 is 0 Å². The third kappa shape index (κ3) is 4.41. The van der Waals surface area contributed by atoms with Crippen LogP contribution < -0.4 is 10.1 Å². The predicted molar refractivity (Wildman–Crippen MR) is 59.9 cm³/mol. The zero-order valence-electron chi connectivity index (χ0n) is 8.97. The van der Waals surface area contributed by atoms with E-state index in [1.807, 2.05) is 6.07 Å². The number of para-hydroxylation sites is 1. The fourth-order valence-corrected chi connectivity index (χ4v) is 1.02. The van der Waals surface area contributed by atoms with Gasteiger partial charge in [-0.05, 0) is 19.1 Å².